The summed E-state index contributed by atoms with van der Waals surface area (Å²) in [5.41, 5.74) is 0. The van der Waals surface area contributed by atoms with Crippen molar-refractivity contribution in [2.24, 2.45) is 5.92 Å². The molecular formula is C18H32N2O. The Labute approximate surface area is 130 Å². The average molecular weight is 292 g/mol. The van der Waals surface area contributed by atoms with E-state index in [1.807, 2.05) is 11.0 Å². The van der Waals surface area contributed by atoms with Crippen molar-refractivity contribution in [1.29, 1.82) is 0 Å². The normalized spacial score (nSPS) is 18.8. The van der Waals surface area contributed by atoms with Crippen LogP contribution in [0.5, 0.6) is 0 Å². The number of carbonyl (C=O) groups is 1. The van der Waals surface area contributed by atoms with E-state index >= 15 is 0 Å². The monoisotopic (exact) mass is 292 g/mol. The molecule has 120 valence electrons. The van der Waals surface area contributed by atoms with Gasteiger partial charge in [0.2, 0.25) is 5.91 Å². The molecule has 0 spiro atoms. The Morgan fingerprint density at radius 1 is 1.43 bits per heavy atom. The zero-order valence-electron chi connectivity index (χ0n) is 14.1. The van der Waals surface area contributed by atoms with Gasteiger partial charge in [0.1, 0.15) is 0 Å². The zero-order chi connectivity index (χ0) is 15.7. The lowest BCUT2D eigenvalue weighted by Crippen LogP contribution is -2.47. The van der Waals surface area contributed by atoms with Gasteiger partial charge in [-0.3, -0.25) is 4.79 Å². The summed E-state index contributed by atoms with van der Waals surface area (Å²) in [5.74, 6) is 0.932. The highest BCUT2D eigenvalue weighted by molar-refractivity contribution is 5.73. The molecule has 0 aliphatic carbocycles. The van der Waals surface area contributed by atoms with Crippen LogP contribution in [0.2, 0.25) is 0 Å². The molecule has 1 rings (SSSR count). The van der Waals surface area contributed by atoms with E-state index < -0.39 is 0 Å². The first-order chi connectivity index (χ1) is 10.1. The second-order valence-electron chi connectivity index (χ2n) is 6.23. The molecule has 3 nitrogen and oxygen atoms in total. The molecule has 0 bridgehead atoms. The first-order valence-electron chi connectivity index (χ1n) is 8.30. The standard InChI is InChI=1S/C18H32N2O/c1-5-7-8-16(3)9-13-19-14-10-18(11-15-19)20(12-6-2)17(4)21/h5-7,16,18H,2,8-15H2,1,3-4H3/b7-5+. The minimum absolute atomic E-state index is 0.174. The number of piperidine rings is 1. The van der Waals surface area contributed by atoms with Crippen molar-refractivity contribution in [2.75, 3.05) is 26.2 Å². The third-order valence-corrected chi connectivity index (χ3v) is 4.44. The Morgan fingerprint density at radius 2 is 2.10 bits per heavy atom. The molecule has 1 fully saturated rings. The molecule has 1 amide bonds. The number of hydrogen-bond acceptors (Lipinski definition) is 2. The van der Waals surface area contributed by atoms with Crippen molar-refractivity contribution in [3.63, 3.8) is 0 Å². The summed E-state index contributed by atoms with van der Waals surface area (Å²) >= 11 is 0. The molecule has 0 aromatic carbocycles. The maximum absolute atomic E-state index is 11.7. The highest BCUT2D eigenvalue weighted by atomic mass is 16.2. The minimum atomic E-state index is 0.174. The number of hydrogen-bond donors (Lipinski definition) is 0. The summed E-state index contributed by atoms with van der Waals surface area (Å²) in [4.78, 5) is 16.2. The predicted molar refractivity (Wildman–Crippen MR) is 90.3 cm³/mol. The van der Waals surface area contributed by atoms with Crippen molar-refractivity contribution in [2.45, 2.75) is 52.5 Å². The van der Waals surface area contributed by atoms with Gasteiger partial charge in [-0.2, -0.15) is 0 Å². The molecule has 0 radical (unpaired) electrons. The molecular weight excluding hydrogens is 260 g/mol. The lowest BCUT2D eigenvalue weighted by atomic mass is 10.00. The van der Waals surface area contributed by atoms with E-state index in [4.69, 9.17) is 0 Å². The summed E-state index contributed by atoms with van der Waals surface area (Å²) in [6.45, 7) is 13.9. The predicted octanol–water partition coefficient (Wildman–Crippen LogP) is 3.48. The lowest BCUT2D eigenvalue weighted by Gasteiger charge is -2.38. The first-order valence-corrected chi connectivity index (χ1v) is 8.30. The van der Waals surface area contributed by atoms with Crippen LogP contribution < -0.4 is 0 Å². The van der Waals surface area contributed by atoms with Gasteiger partial charge in [-0.25, -0.2) is 0 Å². The maximum Gasteiger partial charge on any atom is 0.219 e. The first kappa shape index (κ1) is 18.0. The van der Waals surface area contributed by atoms with Crippen LogP contribution in [0.15, 0.2) is 24.8 Å². The van der Waals surface area contributed by atoms with Crippen LogP contribution in [0.3, 0.4) is 0 Å². The molecule has 0 aromatic rings. The van der Waals surface area contributed by atoms with Crippen LogP contribution in [0, 0.1) is 5.92 Å². The smallest absolute Gasteiger partial charge is 0.219 e. The average Bonchev–Trinajstić information content (AvgIpc) is 2.49. The molecule has 3 heteroatoms. The third kappa shape index (κ3) is 6.47. The van der Waals surface area contributed by atoms with Crippen molar-refractivity contribution in [1.82, 2.24) is 9.80 Å². The molecule has 0 saturated carbocycles. The second-order valence-corrected chi connectivity index (χ2v) is 6.23. The molecule has 1 atom stereocenters. The summed E-state index contributed by atoms with van der Waals surface area (Å²) < 4.78 is 0. The number of nitrogens with zero attached hydrogens (tertiary/aromatic N) is 2. The van der Waals surface area contributed by atoms with Crippen LogP contribution in [-0.4, -0.2) is 47.9 Å². The lowest BCUT2D eigenvalue weighted by molar-refractivity contribution is -0.131. The van der Waals surface area contributed by atoms with E-state index in [0.29, 0.717) is 12.6 Å². The minimum Gasteiger partial charge on any atom is -0.336 e. The van der Waals surface area contributed by atoms with Crippen molar-refractivity contribution in [3.8, 4) is 0 Å². The Morgan fingerprint density at radius 3 is 2.62 bits per heavy atom. The molecule has 1 aliphatic rings. The van der Waals surface area contributed by atoms with Gasteiger partial charge < -0.3 is 9.80 Å². The van der Waals surface area contributed by atoms with E-state index in [9.17, 15) is 4.79 Å². The van der Waals surface area contributed by atoms with Gasteiger partial charge in [0.05, 0.1) is 0 Å². The molecule has 1 unspecified atom stereocenters. The van der Waals surface area contributed by atoms with Gasteiger partial charge in [-0.1, -0.05) is 25.2 Å². The fourth-order valence-electron chi connectivity index (χ4n) is 3.02. The van der Waals surface area contributed by atoms with Crippen LogP contribution in [0.25, 0.3) is 0 Å². The molecule has 0 aromatic heterocycles. The van der Waals surface area contributed by atoms with E-state index in [-0.39, 0.29) is 5.91 Å². The molecule has 1 saturated heterocycles. The van der Waals surface area contributed by atoms with Gasteiger partial charge in [-0.15, -0.1) is 6.58 Å². The number of likely N-dealkylation sites (tertiary alicyclic amines) is 1. The zero-order valence-corrected chi connectivity index (χ0v) is 14.1. The van der Waals surface area contributed by atoms with Gasteiger partial charge in [-0.05, 0) is 45.1 Å². The van der Waals surface area contributed by atoms with Crippen molar-refractivity contribution >= 4 is 5.91 Å². The highest BCUT2D eigenvalue weighted by Gasteiger charge is 2.25. The summed E-state index contributed by atoms with van der Waals surface area (Å²) in [6, 6.07) is 0.400. The Kier molecular flexibility index (Phi) is 8.36. The van der Waals surface area contributed by atoms with E-state index in [1.165, 1.54) is 19.4 Å². The number of amides is 1. The van der Waals surface area contributed by atoms with Gasteiger partial charge in [0.25, 0.3) is 0 Å². The molecule has 1 heterocycles. The van der Waals surface area contributed by atoms with Crippen LogP contribution in [-0.2, 0) is 4.79 Å². The van der Waals surface area contributed by atoms with E-state index in [2.05, 4.69) is 37.5 Å². The summed E-state index contributed by atoms with van der Waals surface area (Å²) in [7, 11) is 0. The highest BCUT2D eigenvalue weighted by Crippen LogP contribution is 2.18. The number of allylic oxidation sites excluding steroid dienone is 2. The number of rotatable bonds is 8. The number of carbonyl (C=O) groups excluding carboxylic acids is 1. The van der Waals surface area contributed by atoms with Crippen molar-refractivity contribution in [3.05, 3.63) is 24.8 Å². The fraction of sp³-hybridized carbons (Fsp3) is 0.722. The van der Waals surface area contributed by atoms with Gasteiger partial charge in [0, 0.05) is 32.6 Å². The second kappa shape index (κ2) is 9.78. The SMILES string of the molecule is C=CCN(C(C)=O)C1CCN(CCC(C)C/C=C/C)CC1. The van der Waals surface area contributed by atoms with E-state index in [0.717, 1.165) is 31.8 Å². The largest absolute Gasteiger partial charge is 0.336 e. The molecule has 1 aliphatic heterocycles. The Balaban J connectivity index is 2.31. The Hall–Kier alpha value is -1.09. The summed E-state index contributed by atoms with van der Waals surface area (Å²) in [5, 5.41) is 0. The molecule has 0 N–H and O–H groups in total. The van der Waals surface area contributed by atoms with Gasteiger partial charge >= 0.3 is 0 Å². The fourth-order valence-corrected chi connectivity index (χ4v) is 3.02. The molecule has 21 heavy (non-hydrogen) atoms. The quantitative estimate of drug-likeness (QED) is 0.640. The van der Waals surface area contributed by atoms with E-state index in [1.54, 1.807) is 6.92 Å². The van der Waals surface area contributed by atoms with Crippen LogP contribution >= 0.6 is 0 Å². The third-order valence-electron chi connectivity index (χ3n) is 4.44. The van der Waals surface area contributed by atoms with Crippen LogP contribution in [0.1, 0.15) is 46.5 Å². The maximum atomic E-state index is 11.7. The summed E-state index contributed by atoms with van der Waals surface area (Å²) in [6.07, 6.45) is 10.9. The topological polar surface area (TPSA) is 23.6 Å². The Bertz CT molecular complexity index is 343. The van der Waals surface area contributed by atoms with Crippen LogP contribution in [0.4, 0.5) is 0 Å². The van der Waals surface area contributed by atoms with Crippen molar-refractivity contribution < 1.29 is 4.79 Å². The van der Waals surface area contributed by atoms with Gasteiger partial charge in [0.15, 0.2) is 0 Å².